The Morgan fingerprint density at radius 3 is 2.37 bits per heavy atom. The number of rotatable bonds is 9. The molecular weight excluding hydrogens is 519 g/mol. The first-order chi connectivity index (χ1) is 13.8. The van der Waals surface area contributed by atoms with E-state index in [1.54, 1.807) is 14.2 Å². The zero-order chi connectivity index (χ0) is 21.4. The quantitative estimate of drug-likeness (QED) is 0.219. The average molecular weight is 554 g/mol. The molecule has 1 heterocycles. The van der Waals surface area contributed by atoms with Gasteiger partial charge in [0.25, 0.3) is 0 Å². The molecule has 0 spiro atoms. The fourth-order valence-corrected chi connectivity index (χ4v) is 4.41. The molecule has 0 unspecified atom stereocenters. The monoisotopic (exact) mass is 554 g/mol. The molecule has 0 radical (unpaired) electrons. The molecule has 8 nitrogen and oxygen atoms in total. The van der Waals surface area contributed by atoms with Gasteiger partial charge in [0.2, 0.25) is 10.0 Å². The Morgan fingerprint density at radius 1 is 1.20 bits per heavy atom. The number of sulfonamides is 1. The second-order valence-electron chi connectivity index (χ2n) is 6.99. The van der Waals surface area contributed by atoms with Crippen molar-refractivity contribution in [2.75, 3.05) is 53.2 Å². The van der Waals surface area contributed by atoms with Gasteiger partial charge in [0.05, 0.1) is 20.5 Å². The summed E-state index contributed by atoms with van der Waals surface area (Å²) in [6.45, 7) is 7.81. The highest BCUT2D eigenvalue weighted by Gasteiger charge is 2.21. The molecule has 0 aliphatic carbocycles. The van der Waals surface area contributed by atoms with Gasteiger partial charge < -0.3 is 19.7 Å². The molecular formula is C20H35IN4O4S. The van der Waals surface area contributed by atoms with E-state index in [0.717, 1.165) is 43.5 Å². The summed E-state index contributed by atoms with van der Waals surface area (Å²) in [7, 11) is 0.141. The van der Waals surface area contributed by atoms with Crippen molar-refractivity contribution in [1.29, 1.82) is 0 Å². The fourth-order valence-electron chi connectivity index (χ4n) is 3.48. The second-order valence-corrected chi connectivity index (χ2v) is 8.97. The lowest BCUT2D eigenvalue weighted by atomic mass is 9.99. The average Bonchev–Trinajstić information content (AvgIpc) is 2.70. The minimum absolute atomic E-state index is 0. The minimum Gasteiger partial charge on any atom is -0.493 e. The number of halogens is 1. The van der Waals surface area contributed by atoms with Gasteiger partial charge >= 0.3 is 0 Å². The molecule has 0 saturated carbocycles. The molecule has 0 atom stereocenters. The first-order valence-electron chi connectivity index (χ1n) is 10.1. The van der Waals surface area contributed by atoms with Crippen LogP contribution in [0.2, 0.25) is 0 Å². The number of nitrogens with one attached hydrogen (secondary N) is 1. The first kappa shape index (κ1) is 26.8. The Balaban J connectivity index is 0.00000450. The summed E-state index contributed by atoms with van der Waals surface area (Å²) < 4.78 is 35.7. The van der Waals surface area contributed by atoms with Crippen LogP contribution in [0, 0.1) is 0 Å². The van der Waals surface area contributed by atoms with Gasteiger partial charge in [-0.2, -0.15) is 0 Å². The first-order valence-corrected chi connectivity index (χ1v) is 11.9. The highest BCUT2D eigenvalue weighted by molar-refractivity contribution is 14.0. The number of hydrogen-bond donors (Lipinski definition) is 1. The van der Waals surface area contributed by atoms with Crippen molar-refractivity contribution < 1.29 is 17.9 Å². The van der Waals surface area contributed by atoms with Crippen LogP contribution in [0.15, 0.2) is 17.1 Å². The Bertz CT molecular complexity index is 817. The summed E-state index contributed by atoms with van der Waals surface area (Å²) in [5, 5.41) is 3.35. The zero-order valence-corrected chi connectivity index (χ0v) is 21.7. The second kappa shape index (κ2) is 12.6. The normalized spacial score (nSPS) is 14.2. The number of ether oxygens (including phenoxy) is 2. The molecule has 172 valence electrons. The van der Waals surface area contributed by atoms with Gasteiger partial charge in [0.15, 0.2) is 17.5 Å². The molecule has 1 aromatic carbocycles. The molecule has 0 fully saturated rings. The molecule has 1 N–H and O–H groups in total. The zero-order valence-electron chi connectivity index (χ0n) is 18.6. The van der Waals surface area contributed by atoms with Gasteiger partial charge in [-0.3, -0.25) is 4.99 Å². The van der Waals surface area contributed by atoms with E-state index >= 15 is 0 Å². The topological polar surface area (TPSA) is 83.5 Å². The molecule has 0 saturated heterocycles. The lowest BCUT2D eigenvalue weighted by Gasteiger charge is -2.32. The van der Waals surface area contributed by atoms with E-state index in [1.807, 2.05) is 19.9 Å². The summed E-state index contributed by atoms with van der Waals surface area (Å²) in [6.07, 6.45) is 2.83. The summed E-state index contributed by atoms with van der Waals surface area (Å²) in [5.74, 6) is 2.34. The van der Waals surface area contributed by atoms with Crippen LogP contribution in [-0.4, -0.2) is 76.8 Å². The molecule has 2 rings (SSSR count). The third-order valence-corrected chi connectivity index (χ3v) is 6.38. The van der Waals surface area contributed by atoms with Crippen LogP contribution >= 0.6 is 24.0 Å². The van der Waals surface area contributed by atoms with Crippen LogP contribution in [0.1, 0.15) is 31.4 Å². The van der Waals surface area contributed by atoms with Gasteiger partial charge in [-0.25, -0.2) is 12.7 Å². The molecule has 0 amide bonds. The highest BCUT2D eigenvalue weighted by Crippen LogP contribution is 2.33. The van der Waals surface area contributed by atoms with E-state index in [2.05, 4.69) is 16.3 Å². The Kier molecular flexibility index (Phi) is 11.2. The fraction of sp³-hybridized carbons (Fsp3) is 0.650. The largest absolute Gasteiger partial charge is 0.493 e. The van der Waals surface area contributed by atoms with Gasteiger partial charge in [-0.1, -0.05) is 6.92 Å². The number of aliphatic imine (C=N–C) groups is 1. The maximum Gasteiger partial charge on any atom is 0.211 e. The lowest BCUT2D eigenvalue weighted by molar-refractivity contribution is 0.346. The van der Waals surface area contributed by atoms with Crippen LogP contribution in [0.4, 0.5) is 0 Å². The summed E-state index contributed by atoms with van der Waals surface area (Å²) in [6, 6.07) is 4.09. The Labute approximate surface area is 198 Å². The maximum absolute atomic E-state index is 11.7. The molecule has 0 bridgehead atoms. The van der Waals surface area contributed by atoms with Crippen LogP contribution in [-0.2, 0) is 23.0 Å². The SMILES string of the molecule is CCNC(=NCCCN(CC)S(C)(=O)=O)N1CCc2cc(OC)c(OC)cc2C1.I. The van der Waals surface area contributed by atoms with Crippen molar-refractivity contribution in [2.24, 2.45) is 4.99 Å². The van der Waals surface area contributed by atoms with Gasteiger partial charge in [0.1, 0.15) is 0 Å². The predicted molar refractivity (Wildman–Crippen MR) is 132 cm³/mol. The molecule has 30 heavy (non-hydrogen) atoms. The van der Waals surface area contributed by atoms with Crippen molar-refractivity contribution >= 4 is 40.0 Å². The highest BCUT2D eigenvalue weighted by atomic mass is 127. The Morgan fingerprint density at radius 2 is 1.83 bits per heavy atom. The molecule has 0 aromatic heterocycles. The number of methoxy groups -OCH3 is 2. The van der Waals surface area contributed by atoms with Crippen molar-refractivity contribution in [3.05, 3.63) is 23.3 Å². The third kappa shape index (κ3) is 7.16. The Hall–Kier alpha value is -1.27. The van der Waals surface area contributed by atoms with Crippen molar-refractivity contribution in [1.82, 2.24) is 14.5 Å². The summed E-state index contributed by atoms with van der Waals surface area (Å²) in [4.78, 5) is 6.96. The van der Waals surface area contributed by atoms with Crippen molar-refractivity contribution in [2.45, 2.75) is 33.2 Å². The van der Waals surface area contributed by atoms with Crippen LogP contribution < -0.4 is 14.8 Å². The number of fused-ring (bicyclic) bond motifs is 1. The summed E-state index contributed by atoms with van der Waals surface area (Å²) in [5.41, 5.74) is 2.47. The van der Waals surface area contributed by atoms with Crippen molar-refractivity contribution in [3.8, 4) is 11.5 Å². The number of guanidine groups is 1. The maximum atomic E-state index is 11.7. The number of hydrogen-bond acceptors (Lipinski definition) is 5. The smallest absolute Gasteiger partial charge is 0.211 e. The molecule has 1 aliphatic rings. The van der Waals surface area contributed by atoms with Gasteiger partial charge in [-0.05, 0) is 43.0 Å². The van der Waals surface area contributed by atoms with E-state index in [-0.39, 0.29) is 24.0 Å². The minimum atomic E-state index is -3.16. The van der Waals surface area contributed by atoms with Crippen LogP contribution in [0.5, 0.6) is 11.5 Å². The van der Waals surface area contributed by atoms with E-state index < -0.39 is 10.0 Å². The molecule has 10 heteroatoms. The molecule has 1 aromatic rings. The number of nitrogens with zero attached hydrogens (tertiary/aromatic N) is 3. The number of benzene rings is 1. The van der Waals surface area contributed by atoms with Gasteiger partial charge in [-0.15, -0.1) is 24.0 Å². The predicted octanol–water partition coefficient (Wildman–Crippen LogP) is 2.32. The van der Waals surface area contributed by atoms with Crippen molar-refractivity contribution in [3.63, 3.8) is 0 Å². The van der Waals surface area contributed by atoms with E-state index in [9.17, 15) is 8.42 Å². The van der Waals surface area contributed by atoms with E-state index in [4.69, 9.17) is 14.5 Å². The third-order valence-electron chi connectivity index (χ3n) is 5.00. The standard InChI is InChI=1S/C20H34N4O4S.HI/c1-6-21-20(22-10-8-11-24(7-2)29(5,25)26)23-12-9-16-13-18(27-3)19(28-4)14-17(16)15-23;/h13-14H,6-12,15H2,1-5H3,(H,21,22);1H. The lowest BCUT2D eigenvalue weighted by Crippen LogP contribution is -2.44. The van der Waals surface area contributed by atoms with E-state index in [1.165, 1.54) is 21.7 Å². The van der Waals surface area contributed by atoms with Crippen LogP contribution in [0.3, 0.4) is 0 Å². The van der Waals surface area contributed by atoms with E-state index in [0.29, 0.717) is 26.1 Å². The van der Waals surface area contributed by atoms with Crippen LogP contribution in [0.25, 0.3) is 0 Å². The summed E-state index contributed by atoms with van der Waals surface area (Å²) >= 11 is 0. The molecule has 1 aliphatic heterocycles. The van der Waals surface area contributed by atoms with Gasteiger partial charge in [0, 0.05) is 39.3 Å².